The molecular weight excluding hydrogens is 290 g/mol. The lowest BCUT2D eigenvalue weighted by Crippen LogP contribution is -2.47. The van der Waals surface area contributed by atoms with Gasteiger partial charge in [-0.2, -0.15) is 0 Å². The van der Waals surface area contributed by atoms with Crippen LogP contribution in [0.5, 0.6) is 0 Å². The Balaban J connectivity index is 2.62. The third-order valence-electron chi connectivity index (χ3n) is 3.46. The Bertz CT molecular complexity index is 566. The lowest BCUT2D eigenvalue weighted by Gasteiger charge is -2.36. The molecule has 3 nitrogen and oxygen atoms in total. The summed E-state index contributed by atoms with van der Waals surface area (Å²) in [5.74, 6) is 0.962. The lowest BCUT2D eigenvalue weighted by molar-refractivity contribution is 0.496. The molecule has 0 atom stereocenters. The van der Waals surface area contributed by atoms with Crippen LogP contribution >= 0.6 is 15.9 Å². The molecule has 2 N–H and O–H groups in total. The van der Waals surface area contributed by atoms with Crippen LogP contribution in [0.1, 0.15) is 13.8 Å². The van der Waals surface area contributed by atoms with E-state index in [9.17, 15) is 0 Å². The monoisotopic (exact) mass is 307 g/mol. The van der Waals surface area contributed by atoms with E-state index < -0.39 is 0 Å². The maximum Gasteiger partial charge on any atom is 0.136 e. The standard InChI is InChI=1S/C14H18BrN3/c1-14(2,9-16)18(3)13-11-5-4-6-12(15)10(11)7-8-17-13/h4-8H,9,16H2,1-3H3. The number of likely N-dealkylation sites (N-methyl/N-ethyl adjacent to an activating group) is 1. The first kappa shape index (κ1) is 13.3. The number of hydrogen-bond acceptors (Lipinski definition) is 3. The summed E-state index contributed by atoms with van der Waals surface area (Å²) in [4.78, 5) is 6.65. The zero-order chi connectivity index (χ0) is 13.3. The van der Waals surface area contributed by atoms with Crippen LogP contribution in [0.3, 0.4) is 0 Å². The highest BCUT2D eigenvalue weighted by Crippen LogP contribution is 2.31. The fourth-order valence-corrected chi connectivity index (χ4v) is 2.34. The van der Waals surface area contributed by atoms with Gasteiger partial charge in [-0.25, -0.2) is 4.98 Å². The molecule has 2 aromatic rings. The third kappa shape index (κ3) is 2.22. The predicted octanol–water partition coefficient (Wildman–Crippen LogP) is 3.17. The Morgan fingerprint density at radius 3 is 2.67 bits per heavy atom. The quantitative estimate of drug-likeness (QED) is 0.947. The zero-order valence-electron chi connectivity index (χ0n) is 10.9. The van der Waals surface area contributed by atoms with Crippen LogP contribution < -0.4 is 10.6 Å². The predicted molar refractivity (Wildman–Crippen MR) is 81.0 cm³/mol. The first-order chi connectivity index (χ1) is 8.47. The summed E-state index contributed by atoms with van der Waals surface area (Å²) < 4.78 is 1.09. The maximum atomic E-state index is 5.84. The van der Waals surface area contributed by atoms with Gasteiger partial charge >= 0.3 is 0 Å². The summed E-state index contributed by atoms with van der Waals surface area (Å²) in [5, 5.41) is 2.30. The molecule has 96 valence electrons. The minimum absolute atomic E-state index is 0.121. The van der Waals surface area contributed by atoms with Gasteiger partial charge in [-0.15, -0.1) is 0 Å². The number of halogens is 1. The molecule has 18 heavy (non-hydrogen) atoms. The van der Waals surface area contributed by atoms with Crippen LogP contribution in [-0.2, 0) is 0 Å². The average Bonchev–Trinajstić information content (AvgIpc) is 2.38. The minimum Gasteiger partial charge on any atom is -0.353 e. The van der Waals surface area contributed by atoms with Gasteiger partial charge in [0.05, 0.1) is 0 Å². The van der Waals surface area contributed by atoms with Gasteiger partial charge in [-0.1, -0.05) is 28.1 Å². The molecule has 1 heterocycles. The molecule has 0 amide bonds. The maximum absolute atomic E-state index is 5.84. The number of nitrogens with zero attached hydrogens (tertiary/aromatic N) is 2. The molecule has 0 aliphatic heterocycles. The summed E-state index contributed by atoms with van der Waals surface area (Å²) in [6.07, 6.45) is 1.84. The molecule has 1 aromatic heterocycles. The fourth-order valence-electron chi connectivity index (χ4n) is 1.84. The second kappa shape index (κ2) is 4.86. The van der Waals surface area contributed by atoms with Gasteiger partial charge < -0.3 is 10.6 Å². The first-order valence-corrected chi connectivity index (χ1v) is 6.74. The average molecular weight is 308 g/mol. The second-order valence-electron chi connectivity index (χ2n) is 5.05. The first-order valence-electron chi connectivity index (χ1n) is 5.94. The molecule has 0 spiro atoms. The van der Waals surface area contributed by atoms with Crippen LogP contribution in [0.15, 0.2) is 34.9 Å². The molecule has 4 heteroatoms. The van der Waals surface area contributed by atoms with E-state index >= 15 is 0 Å². The third-order valence-corrected chi connectivity index (χ3v) is 4.15. The van der Waals surface area contributed by atoms with Gasteiger partial charge in [-0.05, 0) is 26.0 Å². The molecular formula is C14H18BrN3. The molecule has 0 saturated heterocycles. The van der Waals surface area contributed by atoms with Crippen molar-refractivity contribution < 1.29 is 0 Å². The summed E-state index contributed by atoms with van der Waals surface area (Å²) in [5.41, 5.74) is 5.72. The van der Waals surface area contributed by atoms with E-state index in [1.165, 1.54) is 5.39 Å². The number of fused-ring (bicyclic) bond motifs is 1. The molecule has 0 fully saturated rings. The fraction of sp³-hybridized carbons (Fsp3) is 0.357. The Hall–Kier alpha value is -1.13. The van der Waals surface area contributed by atoms with E-state index in [0.717, 1.165) is 15.7 Å². The van der Waals surface area contributed by atoms with E-state index in [4.69, 9.17) is 5.73 Å². The van der Waals surface area contributed by atoms with E-state index in [0.29, 0.717) is 6.54 Å². The highest BCUT2D eigenvalue weighted by Gasteiger charge is 2.24. The van der Waals surface area contributed by atoms with Gasteiger partial charge in [0.15, 0.2) is 0 Å². The van der Waals surface area contributed by atoms with E-state index in [1.54, 1.807) is 0 Å². The summed E-state index contributed by atoms with van der Waals surface area (Å²) >= 11 is 3.58. The molecule has 1 aromatic carbocycles. The second-order valence-corrected chi connectivity index (χ2v) is 5.90. The number of aromatic nitrogens is 1. The van der Waals surface area contributed by atoms with Crippen LogP contribution in [0.25, 0.3) is 10.8 Å². The summed E-state index contributed by atoms with van der Waals surface area (Å²) in [6.45, 7) is 4.81. The van der Waals surface area contributed by atoms with E-state index in [1.807, 2.05) is 31.4 Å². The van der Waals surface area contributed by atoms with Crippen molar-refractivity contribution >= 4 is 32.5 Å². The van der Waals surface area contributed by atoms with Crippen molar-refractivity contribution in [3.8, 4) is 0 Å². The van der Waals surface area contributed by atoms with Crippen molar-refractivity contribution in [2.24, 2.45) is 5.73 Å². The number of nitrogens with two attached hydrogens (primary N) is 1. The summed E-state index contributed by atoms with van der Waals surface area (Å²) in [7, 11) is 2.04. The Morgan fingerprint density at radius 1 is 1.28 bits per heavy atom. The van der Waals surface area contributed by atoms with Crippen LogP contribution in [0.2, 0.25) is 0 Å². The number of hydrogen-bond donors (Lipinski definition) is 1. The van der Waals surface area contributed by atoms with Crippen molar-refractivity contribution in [1.29, 1.82) is 0 Å². The highest BCUT2D eigenvalue weighted by molar-refractivity contribution is 9.10. The Labute approximate surface area is 116 Å². The highest BCUT2D eigenvalue weighted by atomic mass is 79.9. The van der Waals surface area contributed by atoms with Crippen LogP contribution in [0.4, 0.5) is 5.82 Å². The van der Waals surface area contributed by atoms with Crippen molar-refractivity contribution in [3.63, 3.8) is 0 Å². The van der Waals surface area contributed by atoms with Gasteiger partial charge in [0.1, 0.15) is 5.82 Å². The number of benzene rings is 1. The number of rotatable bonds is 3. The lowest BCUT2D eigenvalue weighted by atomic mass is 10.0. The van der Waals surface area contributed by atoms with Gasteiger partial charge in [0, 0.05) is 40.6 Å². The Morgan fingerprint density at radius 2 is 2.00 bits per heavy atom. The minimum atomic E-state index is -0.121. The van der Waals surface area contributed by atoms with Crippen LogP contribution in [-0.4, -0.2) is 24.1 Å². The van der Waals surface area contributed by atoms with Crippen molar-refractivity contribution in [3.05, 3.63) is 34.9 Å². The molecule has 0 aliphatic carbocycles. The molecule has 0 saturated carbocycles. The SMILES string of the molecule is CN(c1nccc2c(Br)cccc12)C(C)(C)CN. The normalized spacial score (nSPS) is 11.8. The van der Waals surface area contributed by atoms with Crippen molar-refractivity contribution in [2.75, 3.05) is 18.5 Å². The van der Waals surface area contributed by atoms with E-state index in [-0.39, 0.29) is 5.54 Å². The molecule has 0 bridgehead atoms. The van der Waals surface area contributed by atoms with Crippen LogP contribution in [0, 0.1) is 0 Å². The van der Waals surface area contributed by atoms with Gasteiger partial charge in [0.25, 0.3) is 0 Å². The number of anilines is 1. The largest absolute Gasteiger partial charge is 0.353 e. The zero-order valence-corrected chi connectivity index (χ0v) is 12.5. The van der Waals surface area contributed by atoms with E-state index in [2.05, 4.69) is 45.7 Å². The molecule has 2 rings (SSSR count). The number of pyridine rings is 1. The van der Waals surface area contributed by atoms with Gasteiger partial charge in [-0.3, -0.25) is 0 Å². The van der Waals surface area contributed by atoms with Crippen molar-refractivity contribution in [1.82, 2.24) is 4.98 Å². The molecule has 0 radical (unpaired) electrons. The smallest absolute Gasteiger partial charge is 0.136 e. The van der Waals surface area contributed by atoms with Crippen molar-refractivity contribution in [2.45, 2.75) is 19.4 Å². The molecule has 0 aliphatic rings. The summed E-state index contributed by atoms with van der Waals surface area (Å²) in [6, 6.07) is 8.18. The topological polar surface area (TPSA) is 42.2 Å². The Kier molecular flexibility index (Phi) is 3.59. The molecule has 0 unspecified atom stereocenters. The van der Waals surface area contributed by atoms with Gasteiger partial charge in [0.2, 0.25) is 0 Å².